The zero-order chi connectivity index (χ0) is 18.8. The molecule has 1 aromatic heterocycles. The van der Waals surface area contributed by atoms with Gasteiger partial charge in [0, 0.05) is 12.1 Å². The average molecular weight is 389 g/mol. The number of nitrogens with zero attached hydrogens (tertiary/aromatic N) is 2. The molecule has 0 atom stereocenters. The highest BCUT2D eigenvalue weighted by Gasteiger charge is 2.32. The number of benzene rings is 1. The van der Waals surface area contributed by atoms with E-state index in [0.717, 1.165) is 16.7 Å². The van der Waals surface area contributed by atoms with Crippen molar-refractivity contribution in [2.24, 2.45) is 0 Å². The molecule has 0 aliphatic carbocycles. The highest BCUT2D eigenvalue weighted by Crippen LogP contribution is 2.35. The first-order valence-electron chi connectivity index (χ1n) is 7.15. The Hall–Kier alpha value is -2.98. The molecule has 2 aromatic rings. The maximum Gasteiger partial charge on any atom is 0.280 e. The van der Waals surface area contributed by atoms with Crippen LogP contribution in [0.1, 0.15) is 5.76 Å². The van der Waals surface area contributed by atoms with E-state index in [4.69, 9.17) is 16.6 Å². The normalized spacial score (nSPS) is 15.7. The third-order valence-corrected chi connectivity index (χ3v) is 4.80. The van der Waals surface area contributed by atoms with E-state index in [1.54, 1.807) is 30.3 Å². The molecule has 3 rings (SSSR count). The lowest BCUT2D eigenvalue weighted by Gasteiger charge is -2.14. The molecule has 0 bridgehead atoms. The second kappa shape index (κ2) is 7.10. The molecule has 8 nitrogen and oxygen atoms in total. The Bertz CT molecular complexity index is 965. The first-order valence-corrected chi connectivity index (χ1v) is 8.38. The lowest BCUT2D eigenvalue weighted by Crippen LogP contribution is -2.40. The van der Waals surface area contributed by atoms with E-state index < -0.39 is 23.3 Å². The topological polar surface area (TPSA) is 117 Å². The van der Waals surface area contributed by atoms with Crippen LogP contribution >= 0.6 is 24.0 Å². The summed E-state index contributed by atoms with van der Waals surface area (Å²) in [5.41, 5.74) is 0.204. The Morgan fingerprint density at radius 1 is 1.31 bits per heavy atom. The highest BCUT2D eigenvalue weighted by molar-refractivity contribution is 8.26. The minimum Gasteiger partial charge on any atom is -0.548 e. The lowest BCUT2D eigenvalue weighted by atomic mass is 10.1. The summed E-state index contributed by atoms with van der Waals surface area (Å²) in [7, 11) is 0. The van der Waals surface area contributed by atoms with Crippen molar-refractivity contribution >= 4 is 51.9 Å². The van der Waals surface area contributed by atoms with Gasteiger partial charge in [-0.2, -0.15) is 0 Å². The summed E-state index contributed by atoms with van der Waals surface area (Å²) in [5.74, 6) is -1.42. The van der Waals surface area contributed by atoms with Gasteiger partial charge in [0.2, 0.25) is 0 Å². The van der Waals surface area contributed by atoms with Gasteiger partial charge in [-0.15, -0.1) is 0 Å². The van der Waals surface area contributed by atoms with Gasteiger partial charge in [-0.05, 0) is 18.2 Å². The number of carbonyl (C=O) groups excluding carboxylic acids is 2. The minimum atomic E-state index is -1.42. The van der Waals surface area contributed by atoms with Crippen LogP contribution in [0.5, 0.6) is 0 Å². The first kappa shape index (κ1) is 17.8. The van der Waals surface area contributed by atoms with Crippen molar-refractivity contribution in [1.82, 2.24) is 4.90 Å². The molecule has 0 N–H and O–H groups in total. The summed E-state index contributed by atoms with van der Waals surface area (Å²) in [5, 5.41) is 21.8. The molecule has 1 saturated heterocycles. The number of aliphatic carboxylic acids is 1. The van der Waals surface area contributed by atoms with E-state index in [2.05, 4.69) is 0 Å². The number of para-hydroxylation sites is 1. The van der Waals surface area contributed by atoms with Gasteiger partial charge in [-0.1, -0.05) is 36.1 Å². The highest BCUT2D eigenvalue weighted by atomic mass is 32.2. The molecule has 26 heavy (non-hydrogen) atoms. The SMILES string of the molecule is O=C([O-])CN1C(=O)/C(=C\c2ccc(-c3ccccc3[N+](=O)[O-])o2)SC1=S. The predicted octanol–water partition coefficient (Wildman–Crippen LogP) is 1.81. The second-order valence-corrected chi connectivity index (χ2v) is 6.79. The fourth-order valence-corrected chi connectivity index (χ4v) is 3.55. The van der Waals surface area contributed by atoms with Crippen LogP contribution in [0.15, 0.2) is 45.7 Å². The number of hydrogen-bond donors (Lipinski definition) is 0. The van der Waals surface area contributed by atoms with E-state index >= 15 is 0 Å². The molecule has 1 amide bonds. The van der Waals surface area contributed by atoms with Crippen LogP contribution in [-0.2, 0) is 9.59 Å². The standard InChI is InChI=1S/C16H10N2O6S2/c19-14(20)8-17-15(21)13(26-16(17)25)7-9-5-6-12(24-9)10-3-1-2-4-11(10)18(22)23/h1-7H,8H2,(H,19,20)/p-1/b13-7+. The van der Waals surface area contributed by atoms with E-state index in [-0.39, 0.29) is 26.4 Å². The van der Waals surface area contributed by atoms with E-state index in [0.29, 0.717) is 5.56 Å². The number of thioether (sulfide) groups is 1. The Balaban J connectivity index is 1.89. The van der Waals surface area contributed by atoms with Gasteiger partial charge in [0.25, 0.3) is 11.6 Å². The zero-order valence-corrected chi connectivity index (χ0v) is 14.5. The zero-order valence-electron chi connectivity index (χ0n) is 12.9. The molecular weight excluding hydrogens is 380 g/mol. The van der Waals surface area contributed by atoms with Crippen LogP contribution in [0.3, 0.4) is 0 Å². The number of carboxylic acids is 1. The summed E-state index contributed by atoms with van der Waals surface area (Å²) in [6.45, 7) is -0.623. The summed E-state index contributed by atoms with van der Waals surface area (Å²) in [6, 6.07) is 9.22. The van der Waals surface area contributed by atoms with Crippen molar-refractivity contribution in [1.29, 1.82) is 0 Å². The maximum absolute atomic E-state index is 12.2. The average Bonchev–Trinajstić information content (AvgIpc) is 3.15. The van der Waals surface area contributed by atoms with Crippen LogP contribution in [0.25, 0.3) is 17.4 Å². The molecule has 10 heteroatoms. The summed E-state index contributed by atoms with van der Waals surface area (Å²) >= 11 is 5.93. The van der Waals surface area contributed by atoms with E-state index in [1.165, 1.54) is 12.1 Å². The maximum atomic E-state index is 12.2. The lowest BCUT2D eigenvalue weighted by molar-refractivity contribution is -0.384. The number of amides is 1. The number of nitro groups is 1. The molecule has 1 aromatic carbocycles. The Labute approximate surface area is 156 Å². The summed E-state index contributed by atoms with van der Waals surface area (Å²) in [6.07, 6.45) is 1.41. The van der Waals surface area contributed by atoms with E-state index in [1.807, 2.05) is 0 Å². The van der Waals surface area contributed by atoms with Crippen molar-refractivity contribution < 1.29 is 24.0 Å². The van der Waals surface area contributed by atoms with Crippen molar-refractivity contribution in [3.05, 3.63) is 57.2 Å². The molecule has 0 radical (unpaired) electrons. The third kappa shape index (κ3) is 3.51. The number of carboxylic acid groups (broad SMARTS) is 1. The van der Waals surface area contributed by atoms with Crippen molar-refractivity contribution in [3.8, 4) is 11.3 Å². The predicted molar refractivity (Wildman–Crippen MR) is 95.7 cm³/mol. The first-order chi connectivity index (χ1) is 12.4. The molecule has 132 valence electrons. The van der Waals surface area contributed by atoms with Crippen molar-refractivity contribution in [3.63, 3.8) is 0 Å². The number of furan rings is 1. The fourth-order valence-electron chi connectivity index (χ4n) is 2.31. The number of rotatable bonds is 5. The van der Waals surface area contributed by atoms with Crippen LogP contribution in [0, 0.1) is 10.1 Å². The van der Waals surface area contributed by atoms with Gasteiger partial charge in [0.05, 0.1) is 27.9 Å². The Morgan fingerprint density at radius 3 is 2.73 bits per heavy atom. The molecule has 1 fully saturated rings. The number of hydrogen-bond acceptors (Lipinski definition) is 8. The largest absolute Gasteiger partial charge is 0.548 e. The van der Waals surface area contributed by atoms with Crippen LogP contribution in [0.2, 0.25) is 0 Å². The molecule has 1 aliphatic rings. The number of thiocarbonyl (C=S) groups is 1. The van der Waals surface area contributed by atoms with Gasteiger partial charge in [-0.3, -0.25) is 19.8 Å². The number of carbonyl (C=O) groups is 2. The molecule has 2 heterocycles. The molecular formula is C16H9N2O6S2-. The van der Waals surface area contributed by atoms with Gasteiger partial charge in [0.1, 0.15) is 15.8 Å². The van der Waals surface area contributed by atoms with Crippen molar-refractivity contribution in [2.45, 2.75) is 0 Å². The van der Waals surface area contributed by atoms with Crippen LogP contribution in [0.4, 0.5) is 5.69 Å². The van der Waals surface area contributed by atoms with Crippen molar-refractivity contribution in [2.75, 3.05) is 6.54 Å². The molecule has 0 spiro atoms. The quantitative estimate of drug-likeness (QED) is 0.329. The third-order valence-electron chi connectivity index (χ3n) is 3.43. The van der Waals surface area contributed by atoms with E-state index in [9.17, 15) is 24.8 Å². The Kier molecular flexibility index (Phi) is 4.87. The van der Waals surface area contributed by atoms with Crippen LogP contribution < -0.4 is 5.11 Å². The van der Waals surface area contributed by atoms with Gasteiger partial charge in [-0.25, -0.2) is 0 Å². The van der Waals surface area contributed by atoms with Crippen LogP contribution in [-0.4, -0.2) is 32.6 Å². The van der Waals surface area contributed by atoms with Gasteiger partial charge in [0.15, 0.2) is 0 Å². The second-order valence-electron chi connectivity index (χ2n) is 5.12. The summed E-state index contributed by atoms with van der Waals surface area (Å²) < 4.78 is 5.69. The monoisotopic (exact) mass is 389 g/mol. The molecule has 1 aliphatic heterocycles. The number of nitro benzene ring substituents is 1. The van der Waals surface area contributed by atoms with Gasteiger partial charge < -0.3 is 14.3 Å². The molecule has 0 unspecified atom stereocenters. The minimum absolute atomic E-state index is 0.103. The Morgan fingerprint density at radius 2 is 2.04 bits per heavy atom. The van der Waals surface area contributed by atoms with Gasteiger partial charge >= 0.3 is 0 Å². The smallest absolute Gasteiger partial charge is 0.280 e. The fraction of sp³-hybridized carbons (Fsp3) is 0.0625. The molecule has 0 saturated carbocycles. The summed E-state index contributed by atoms with van der Waals surface area (Å²) in [4.78, 5) is 34.6.